The van der Waals surface area contributed by atoms with Crippen LogP contribution in [0.1, 0.15) is 25.6 Å². The highest BCUT2D eigenvalue weighted by Crippen LogP contribution is 2.14. The van der Waals surface area contributed by atoms with Crippen LogP contribution in [0.4, 0.5) is 0 Å². The van der Waals surface area contributed by atoms with Gasteiger partial charge in [-0.25, -0.2) is 9.97 Å². The van der Waals surface area contributed by atoms with Crippen molar-refractivity contribution in [1.82, 2.24) is 9.97 Å². The van der Waals surface area contributed by atoms with Crippen LogP contribution in [-0.2, 0) is 6.42 Å². The number of hydrogen-bond donors (Lipinski definition) is 0. The highest BCUT2D eigenvalue weighted by atomic mass is 127. The van der Waals surface area contributed by atoms with Crippen molar-refractivity contribution < 1.29 is 0 Å². The van der Waals surface area contributed by atoms with E-state index in [0.29, 0.717) is 5.15 Å². The van der Waals surface area contributed by atoms with E-state index in [4.69, 9.17) is 11.6 Å². The number of nitrogens with zero attached hydrogens (tertiary/aromatic N) is 2. The zero-order chi connectivity index (χ0) is 8.97. The highest BCUT2D eigenvalue weighted by molar-refractivity contribution is 14.1. The Balaban J connectivity index is 2.69. The molecule has 0 amide bonds. The topological polar surface area (TPSA) is 25.8 Å². The molecule has 1 aromatic rings. The molecule has 0 atom stereocenters. The molecule has 0 bridgehead atoms. The second kappa shape index (κ2) is 4.97. The summed E-state index contributed by atoms with van der Waals surface area (Å²) in [6, 6.07) is 0. The quantitative estimate of drug-likeness (QED) is 0.633. The molecule has 1 rings (SSSR count). The first-order valence-corrected chi connectivity index (χ1v) is 5.36. The Hall–Kier alpha value is 0.1000. The Morgan fingerprint density at radius 2 is 2.33 bits per heavy atom. The van der Waals surface area contributed by atoms with Gasteiger partial charge < -0.3 is 0 Å². The van der Waals surface area contributed by atoms with Crippen LogP contribution in [0.15, 0.2) is 6.20 Å². The predicted molar refractivity (Wildman–Crippen MR) is 58.4 cm³/mol. The fraction of sp³-hybridized carbons (Fsp3) is 0.500. The lowest BCUT2D eigenvalue weighted by Gasteiger charge is -1.99. The minimum absolute atomic E-state index is 0.566. The minimum Gasteiger partial charge on any atom is -0.240 e. The molecule has 2 nitrogen and oxygen atoms in total. The van der Waals surface area contributed by atoms with Crippen LogP contribution in [-0.4, -0.2) is 9.97 Å². The van der Waals surface area contributed by atoms with Gasteiger partial charge in [-0.3, -0.25) is 0 Å². The Bertz CT molecular complexity index is 265. The third-order valence-corrected chi connectivity index (χ3v) is 2.90. The molecular formula is C8H10ClIN2. The van der Waals surface area contributed by atoms with Crippen LogP contribution in [0.5, 0.6) is 0 Å². The zero-order valence-electron chi connectivity index (χ0n) is 6.85. The molecule has 0 aliphatic carbocycles. The molecule has 1 aromatic heterocycles. The smallest absolute Gasteiger partial charge is 0.146 e. The summed E-state index contributed by atoms with van der Waals surface area (Å²) in [7, 11) is 0. The number of aryl methyl sites for hydroxylation is 1. The van der Waals surface area contributed by atoms with Gasteiger partial charge >= 0.3 is 0 Å². The minimum atomic E-state index is 0.566. The van der Waals surface area contributed by atoms with Crippen LogP contribution < -0.4 is 0 Å². The Morgan fingerprint density at radius 1 is 1.58 bits per heavy atom. The van der Waals surface area contributed by atoms with Crippen molar-refractivity contribution in [1.29, 1.82) is 0 Å². The summed E-state index contributed by atoms with van der Waals surface area (Å²) in [5.74, 6) is 0.849. The summed E-state index contributed by atoms with van der Waals surface area (Å²) >= 11 is 7.96. The zero-order valence-corrected chi connectivity index (χ0v) is 9.76. The molecule has 0 aliphatic heterocycles. The normalized spacial score (nSPS) is 10.2. The van der Waals surface area contributed by atoms with E-state index >= 15 is 0 Å². The van der Waals surface area contributed by atoms with E-state index < -0.39 is 0 Å². The van der Waals surface area contributed by atoms with Crippen molar-refractivity contribution in [3.8, 4) is 0 Å². The van der Waals surface area contributed by atoms with E-state index in [1.54, 1.807) is 6.20 Å². The van der Waals surface area contributed by atoms with Crippen LogP contribution >= 0.6 is 34.2 Å². The highest BCUT2D eigenvalue weighted by Gasteiger charge is 2.00. The van der Waals surface area contributed by atoms with Gasteiger partial charge in [0.25, 0.3) is 0 Å². The SMILES string of the molecule is CCCCc1ncc(I)c(Cl)n1. The van der Waals surface area contributed by atoms with Crippen molar-refractivity contribution in [2.75, 3.05) is 0 Å². The summed E-state index contributed by atoms with van der Waals surface area (Å²) in [5.41, 5.74) is 0. The van der Waals surface area contributed by atoms with Crippen LogP contribution in [0.2, 0.25) is 5.15 Å². The molecule has 0 aromatic carbocycles. The van der Waals surface area contributed by atoms with Gasteiger partial charge in [-0.2, -0.15) is 0 Å². The lowest BCUT2D eigenvalue weighted by atomic mass is 10.2. The van der Waals surface area contributed by atoms with Crippen molar-refractivity contribution in [2.45, 2.75) is 26.2 Å². The third-order valence-electron chi connectivity index (χ3n) is 1.51. The maximum Gasteiger partial charge on any atom is 0.146 e. The molecule has 0 saturated heterocycles. The van der Waals surface area contributed by atoms with Crippen molar-refractivity contribution in [3.63, 3.8) is 0 Å². The number of halogens is 2. The summed E-state index contributed by atoms with van der Waals surface area (Å²) in [6.07, 6.45) is 4.97. The molecule has 0 radical (unpaired) electrons. The largest absolute Gasteiger partial charge is 0.240 e. The number of rotatable bonds is 3. The van der Waals surface area contributed by atoms with Gasteiger partial charge in [0, 0.05) is 12.6 Å². The van der Waals surface area contributed by atoms with Crippen molar-refractivity contribution >= 4 is 34.2 Å². The molecule has 0 unspecified atom stereocenters. The summed E-state index contributed by atoms with van der Waals surface area (Å²) < 4.78 is 0.912. The molecule has 1 heterocycles. The second-order valence-electron chi connectivity index (χ2n) is 2.53. The molecule has 0 fully saturated rings. The first-order valence-electron chi connectivity index (χ1n) is 3.91. The van der Waals surface area contributed by atoms with Gasteiger partial charge in [-0.15, -0.1) is 0 Å². The van der Waals surface area contributed by atoms with Gasteiger partial charge in [-0.05, 0) is 29.0 Å². The third kappa shape index (κ3) is 2.86. The van der Waals surface area contributed by atoms with Crippen molar-refractivity contribution in [2.24, 2.45) is 0 Å². The molecule has 0 N–H and O–H groups in total. The van der Waals surface area contributed by atoms with Crippen molar-refractivity contribution in [3.05, 3.63) is 20.7 Å². The maximum absolute atomic E-state index is 5.83. The lowest BCUT2D eigenvalue weighted by Crippen LogP contribution is -1.96. The van der Waals surface area contributed by atoms with Gasteiger partial charge in [0.2, 0.25) is 0 Å². The van der Waals surface area contributed by atoms with Gasteiger partial charge in [-0.1, -0.05) is 24.9 Å². The molecule has 0 saturated carbocycles. The molecular weight excluding hydrogens is 286 g/mol. The fourth-order valence-corrected chi connectivity index (χ4v) is 1.24. The van der Waals surface area contributed by atoms with E-state index in [9.17, 15) is 0 Å². The molecule has 0 aliphatic rings. The second-order valence-corrected chi connectivity index (χ2v) is 4.05. The van der Waals surface area contributed by atoms with E-state index in [2.05, 4.69) is 39.5 Å². The Labute approximate surface area is 90.9 Å². The first-order chi connectivity index (χ1) is 5.74. The summed E-state index contributed by atoms with van der Waals surface area (Å²) in [4.78, 5) is 8.33. The average Bonchev–Trinajstić information content (AvgIpc) is 2.07. The molecule has 4 heteroatoms. The lowest BCUT2D eigenvalue weighted by molar-refractivity contribution is 0.751. The van der Waals surface area contributed by atoms with Gasteiger partial charge in [0.15, 0.2) is 0 Å². The maximum atomic E-state index is 5.83. The van der Waals surface area contributed by atoms with E-state index in [1.165, 1.54) is 0 Å². The molecule has 66 valence electrons. The monoisotopic (exact) mass is 296 g/mol. The van der Waals surface area contributed by atoms with E-state index in [0.717, 1.165) is 28.7 Å². The number of unbranched alkanes of at least 4 members (excludes halogenated alkanes) is 1. The summed E-state index contributed by atoms with van der Waals surface area (Å²) in [5, 5.41) is 0.566. The van der Waals surface area contributed by atoms with E-state index in [-0.39, 0.29) is 0 Å². The predicted octanol–water partition coefficient (Wildman–Crippen LogP) is 3.08. The number of aromatic nitrogens is 2. The molecule has 12 heavy (non-hydrogen) atoms. The molecule has 0 spiro atoms. The first kappa shape index (κ1) is 10.2. The summed E-state index contributed by atoms with van der Waals surface area (Å²) in [6.45, 7) is 2.15. The Morgan fingerprint density at radius 3 is 2.92 bits per heavy atom. The van der Waals surface area contributed by atoms with Crippen LogP contribution in [0, 0.1) is 3.57 Å². The average molecular weight is 297 g/mol. The fourth-order valence-electron chi connectivity index (χ4n) is 0.835. The van der Waals surface area contributed by atoms with Gasteiger partial charge in [0.1, 0.15) is 11.0 Å². The Kier molecular flexibility index (Phi) is 4.21. The van der Waals surface area contributed by atoms with E-state index in [1.807, 2.05) is 0 Å². The standard InChI is InChI=1S/C8H10ClIN2/c1-2-3-4-7-11-5-6(10)8(9)12-7/h5H,2-4H2,1H3. The number of hydrogen-bond acceptors (Lipinski definition) is 2. The van der Waals surface area contributed by atoms with Crippen LogP contribution in [0.3, 0.4) is 0 Å². The van der Waals surface area contributed by atoms with Gasteiger partial charge in [0.05, 0.1) is 3.57 Å². The van der Waals surface area contributed by atoms with Crippen LogP contribution in [0.25, 0.3) is 0 Å².